The van der Waals surface area contributed by atoms with Gasteiger partial charge in [0.25, 0.3) is 0 Å². The summed E-state index contributed by atoms with van der Waals surface area (Å²) in [5.41, 5.74) is 0.228. The van der Waals surface area contributed by atoms with E-state index < -0.39 is 5.60 Å². The van der Waals surface area contributed by atoms with Crippen molar-refractivity contribution >= 4 is 5.82 Å². The summed E-state index contributed by atoms with van der Waals surface area (Å²) in [6, 6.07) is 0. The summed E-state index contributed by atoms with van der Waals surface area (Å²) < 4.78 is 5.86. The van der Waals surface area contributed by atoms with Gasteiger partial charge in [-0.05, 0) is 33.6 Å². The van der Waals surface area contributed by atoms with Crippen molar-refractivity contribution in [3.8, 4) is 18.2 Å². The van der Waals surface area contributed by atoms with Gasteiger partial charge in [-0.1, -0.05) is 19.8 Å². The molecule has 0 unspecified atom stereocenters. The van der Waals surface area contributed by atoms with E-state index in [2.05, 4.69) is 35.1 Å². The van der Waals surface area contributed by atoms with Gasteiger partial charge < -0.3 is 10.1 Å². The smallest absolute Gasteiger partial charge is 0.223 e. The number of nitrogens with one attached hydrogen (secondary N) is 1. The van der Waals surface area contributed by atoms with Crippen LogP contribution in [0.2, 0.25) is 0 Å². The first-order valence-electron chi connectivity index (χ1n) is 7.21. The average Bonchev–Trinajstić information content (AvgIpc) is 2.40. The van der Waals surface area contributed by atoms with Crippen LogP contribution in [0.4, 0.5) is 5.82 Å². The molecule has 110 valence electrons. The maximum atomic E-state index is 5.86. The molecule has 1 aromatic rings. The highest BCUT2D eigenvalue weighted by molar-refractivity contribution is 5.49. The lowest BCUT2D eigenvalue weighted by molar-refractivity contribution is 0.162. The fourth-order valence-electron chi connectivity index (χ4n) is 1.66. The van der Waals surface area contributed by atoms with Gasteiger partial charge in [-0.25, -0.2) is 4.98 Å². The highest BCUT2D eigenvalue weighted by Gasteiger charge is 2.20. The number of terminal acetylenes is 1. The monoisotopic (exact) mass is 275 g/mol. The minimum Gasteiger partial charge on any atom is -0.458 e. The molecule has 0 aromatic carbocycles. The SMILES string of the molecule is C#CC(C)(C)Oc1nc(CCC)nc(NCCC)c1C. The molecule has 1 heterocycles. The van der Waals surface area contributed by atoms with Crippen LogP contribution in [0.5, 0.6) is 5.88 Å². The zero-order valence-electron chi connectivity index (χ0n) is 13.2. The molecule has 1 rings (SSSR count). The third kappa shape index (κ3) is 4.41. The maximum absolute atomic E-state index is 5.86. The molecule has 0 saturated carbocycles. The summed E-state index contributed by atoms with van der Waals surface area (Å²) in [7, 11) is 0. The molecule has 0 fully saturated rings. The fraction of sp³-hybridized carbons (Fsp3) is 0.625. The Morgan fingerprint density at radius 1 is 1.25 bits per heavy atom. The average molecular weight is 275 g/mol. The first-order chi connectivity index (χ1) is 9.43. The Balaban J connectivity index is 3.14. The minimum absolute atomic E-state index is 0.574. The van der Waals surface area contributed by atoms with E-state index >= 15 is 0 Å². The van der Waals surface area contributed by atoms with E-state index in [1.54, 1.807) is 0 Å². The Morgan fingerprint density at radius 2 is 1.95 bits per heavy atom. The summed E-state index contributed by atoms with van der Waals surface area (Å²) in [4.78, 5) is 9.06. The minimum atomic E-state index is -0.676. The number of rotatable bonds is 7. The molecule has 4 heteroatoms. The molecule has 0 atom stereocenters. The van der Waals surface area contributed by atoms with E-state index in [9.17, 15) is 0 Å². The van der Waals surface area contributed by atoms with Gasteiger partial charge in [0, 0.05) is 13.0 Å². The van der Waals surface area contributed by atoms with Crippen LogP contribution >= 0.6 is 0 Å². The van der Waals surface area contributed by atoms with E-state index in [1.807, 2.05) is 20.8 Å². The van der Waals surface area contributed by atoms with E-state index in [-0.39, 0.29) is 0 Å². The number of aryl methyl sites for hydroxylation is 1. The highest BCUT2D eigenvalue weighted by Crippen LogP contribution is 2.25. The second-order valence-corrected chi connectivity index (χ2v) is 5.35. The normalized spacial score (nSPS) is 11.0. The third-order valence-electron chi connectivity index (χ3n) is 2.86. The van der Waals surface area contributed by atoms with Gasteiger partial charge in [0.15, 0.2) is 5.60 Å². The predicted molar refractivity (Wildman–Crippen MR) is 83.1 cm³/mol. The van der Waals surface area contributed by atoms with E-state index in [1.165, 1.54) is 0 Å². The van der Waals surface area contributed by atoms with Crippen LogP contribution in [0.15, 0.2) is 0 Å². The lowest BCUT2D eigenvalue weighted by Crippen LogP contribution is -2.27. The van der Waals surface area contributed by atoms with Crippen LogP contribution in [0.25, 0.3) is 0 Å². The van der Waals surface area contributed by atoms with Crippen LogP contribution < -0.4 is 10.1 Å². The van der Waals surface area contributed by atoms with E-state index in [0.29, 0.717) is 5.88 Å². The van der Waals surface area contributed by atoms with Crippen LogP contribution in [-0.4, -0.2) is 22.1 Å². The molecule has 4 nitrogen and oxygen atoms in total. The highest BCUT2D eigenvalue weighted by atomic mass is 16.5. The zero-order chi connectivity index (χ0) is 15.2. The van der Waals surface area contributed by atoms with Gasteiger partial charge in [0.2, 0.25) is 5.88 Å². The molecule has 0 aliphatic rings. The first-order valence-corrected chi connectivity index (χ1v) is 7.21. The molecule has 0 aliphatic heterocycles. The summed E-state index contributed by atoms with van der Waals surface area (Å²) in [5.74, 6) is 4.83. The van der Waals surface area contributed by atoms with Gasteiger partial charge in [0.1, 0.15) is 11.6 Å². The largest absolute Gasteiger partial charge is 0.458 e. The fourth-order valence-corrected chi connectivity index (χ4v) is 1.66. The third-order valence-corrected chi connectivity index (χ3v) is 2.86. The molecule has 1 N–H and O–H groups in total. The zero-order valence-corrected chi connectivity index (χ0v) is 13.2. The summed E-state index contributed by atoms with van der Waals surface area (Å²) >= 11 is 0. The van der Waals surface area contributed by atoms with Gasteiger partial charge in [0.05, 0.1) is 5.56 Å². The molecule has 0 spiro atoms. The van der Waals surface area contributed by atoms with Crippen LogP contribution in [-0.2, 0) is 6.42 Å². The molecule has 0 amide bonds. The van der Waals surface area contributed by atoms with Crippen molar-refractivity contribution in [2.24, 2.45) is 0 Å². The molecular weight excluding hydrogens is 250 g/mol. The number of nitrogens with zero attached hydrogens (tertiary/aromatic N) is 2. The van der Waals surface area contributed by atoms with Gasteiger partial charge in [-0.3, -0.25) is 0 Å². The topological polar surface area (TPSA) is 47.0 Å². The number of hydrogen-bond donors (Lipinski definition) is 1. The molecule has 0 aliphatic carbocycles. The first kappa shape index (κ1) is 16.3. The van der Waals surface area contributed by atoms with Gasteiger partial charge in [-0.15, -0.1) is 6.42 Å². The molecule has 1 aromatic heterocycles. The Bertz CT molecular complexity index is 489. The second-order valence-electron chi connectivity index (χ2n) is 5.35. The molecule has 0 radical (unpaired) electrons. The Morgan fingerprint density at radius 3 is 2.50 bits per heavy atom. The summed E-state index contributed by atoms with van der Waals surface area (Å²) in [6.07, 6.45) is 8.35. The van der Waals surface area contributed by atoms with E-state index in [4.69, 9.17) is 11.2 Å². The Kier molecular flexibility index (Phi) is 5.82. The van der Waals surface area contributed by atoms with Crippen LogP contribution in [0, 0.1) is 19.3 Å². The lowest BCUT2D eigenvalue weighted by atomic mass is 10.1. The summed E-state index contributed by atoms with van der Waals surface area (Å²) in [5, 5.41) is 3.32. The van der Waals surface area contributed by atoms with Gasteiger partial charge >= 0.3 is 0 Å². The molecule has 0 saturated heterocycles. The van der Waals surface area contributed by atoms with Crippen molar-refractivity contribution in [3.05, 3.63) is 11.4 Å². The van der Waals surface area contributed by atoms with Gasteiger partial charge in [-0.2, -0.15) is 4.98 Å². The predicted octanol–water partition coefficient (Wildman–Crippen LogP) is 3.35. The number of hydrogen-bond acceptors (Lipinski definition) is 4. The van der Waals surface area contributed by atoms with E-state index in [0.717, 1.165) is 43.0 Å². The van der Waals surface area contributed by atoms with Crippen LogP contribution in [0.1, 0.15) is 51.9 Å². The van der Waals surface area contributed by atoms with Crippen molar-refractivity contribution in [2.75, 3.05) is 11.9 Å². The van der Waals surface area contributed by atoms with Crippen molar-refractivity contribution in [1.82, 2.24) is 9.97 Å². The number of aromatic nitrogens is 2. The summed E-state index contributed by atoms with van der Waals surface area (Å²) in [6.45, 7) is 10.8. The quantitative estimate of drug-likeness (QED) is 0.775. The molecule has 20 heavy (non-hydrogen) atoms. The standard InChI is InChI=1S/C16H25N3O/c1-7-10-13-18-14(17-11-8-2)12(4)15(19-13)20-16(5,6)9-3/h3H,7-8,10-11H2,1-2,4-6H3,(H,17,18,19). The number of ether oxygens (including phenoxy) is 1. The van der Waals surface area contributed by atoms with Crippen molar-refractivity contribution in [1.29, 1.82) is 0 Å². The number of anilines is 1. The van der Waals surface area contributed by atoms with Crippen molar-refractivity contribution < 1.29 is 4.74 Å². The molecule has 0 bridgehead atoms. The van der Waals surface area contributed by atoms with Crippen molar-refractivity contribution in [3.63, 3.8) is 0 Å². The Labute approximate surface area is 122 Å². The lowest BCUT2D eigenvalue weighted by Gasteiger charge is -2.22. The second kappa shape index (κ2) is 7.14. The van der Waals surface area contributed by atoms with Crippen molar-refractivity contribution in [2.45, 2.75) is 59.5 Å². The van der Waals surface area contributed by atoms with Crippen LogP contribution in [0.3, 0.4) is 0 Å². The Hall–Kier alpha value is -1.76. The maximum Gasteiger partial charge on any atom is 0.223 e. The molecular formula is C16H25N3O.